The van der Waals surface area contributed by atoms with Gasteiger partial charge in [-0.2, -0.15) is 0 Å². The topological polar surface area (TPSA) is 155 Å². The van der Waals surface area contributed by atoms with Gasteiger partial charge in [-0.1, -0.05) is 431 Å². The molecule has 12 heteroatoms. The van der Waals surface area contributed by atoms with Crippen molar-refractivity contribution in [3.63, 3.8) is 0 Å². The van der Waals surface area contributed by atoms with Crippen LogP contribution in [0, 0.1) is 0 Å². The third kappa shape index (κ3) is 16.8. The van der Waals surface area contributed by atoms with Gasteiger partial charge in [0.25, 0.3) is 0 Å². The predicted octanol–water partition coefficient (Wildman–Crippen LogP) is 29.7. The van der Waals surface area contributed by atoms with E-state index in [0.29, 0.717) is 52.4 Å². The van der Waals surface area contributed by atoms with E-state index < -0.39 is 0 Å². The Bertz CT molecular complexity index is 8270. The van der Waals surface area contributed by atoms with Crippen LogP contribution in [-0.4, -0.2) is 59.8 Å². The number of rotatable bonds is 15. The van der Waals surface area contributed by atoms with Gasteiger partial charge in [-0.15, -0.1) is 0 Å². The fourth-order valence-electron chi connectivity index (χ4n) is 17.1. The van der Waals surface area contributed by atoms with Gasteiger partial charge in [-0.05, 0) is 107 Å². The number of fused-ring (bicyclic) bond motifs is 9. The molecule has 6 aromatic heterocycles. The minimum Gasteiger partial charge on any atom is -0.256 e. The third-order valence-electron chi connectivity index (χ3n) is 24.0. The molecule has 0 amide bonds. The maximum Gasteiger partial charge on any atom is 0.164 e. The smallest absolute Gasteiger partial charge is 0.164 e. The number of benzene rings is 18. The lowest BCUT2D eigenvalue weighted by atomic mass is 9.95. The molecule has 0 aliphatic carbocycles. The van der Waals surface area contributed by atoms with Crippen molar-refractivity contribution in [3.05, 3.63) is 474 Å². The Morgan fingerprint density at radius 1 is 0.129 bits per heavy atom. The van der Waals surface area contributed by atoms with Crippen molar-refractivity contribution in [1.29, 1.82) is 0 Å². The van der Waals surface area contributed by atoms with E-state index in [1.807, 2.05) is 146 Å². The SMILES string of the molecule is c1ccc(-c2ccc(-c3nc(-c4ccccc4)nc(-c4ccc(-c5cc6cccnc6c6ccccc56)cc4)n3)cc2)cc1.c1ccc(-c2ccc(-c3nc(-c4ccccc4)nc(-c4ccc(-c5ccc6c(c5)ncc5ccccc56)cc4)n3)cc2)cc1.c1ccc(-c2ccc(-c3nc(-c4ccccc4)nc(-c4ccc(-c5cccc6c5ccc5cccnc56)cc4)n3)cc2)cc1. The molecule has 6 heterocycles. The van der Waals surface area contributed by atoms with Crippen molar-refractivity contribution in [2.24, 2.45) is 0 Å². The first-order valence-corrected chi connectivity index (χ1v) is 43.9. The summed E-state index contributed by atoms with van der Waals surface area (Å²) in [5.74, 6) is 5.79. The third-order valence-corrected chi connectivity index (χ3v) is 24.0. The molecule has 0 N–H and O–H groups in total. The Balaban J connectivity index is 0.000000116. The predicted molar refractivity (Wildman–Crippen MR) is 539 cm³/mol. The summed E-state index contributed by atoms with van der Waals surface area (Å²) in [4.78, 5) is 58.4. The van der Waals surface area contributed by atoms with Crippen LogP contribution in [-0.2, 0) is 0 Å². The van der Waals surface area contributed by atoms with Crippen LogP contribution in [0.5, 0.6) is 0 Å². The van der Waals surface area contributed by atoms with Crippen molar-refractivity contribution in [2.75, 3.05) is 0 Å². The Hall–Kier alpha value is -18.0. The first kappa shape index (κ1) is 79.9. The van der Waals surface area contributed by atoms with Crippen molar-refractivity contribution >= 4 is 65.0 Å². The van der Waals surface area contributed by atoms with Gasteiger partial charge in [0.15, 0.2) is 52.4 Å². The quantitative estimate of drug-likeness (QED) is 0.0897. The summed E-state index contributed by atoms with van der Waals surface area (Å²) >= 11 is 0. The molecule has 0 spiro atoms. The Morgan fingerprint density at radius 2 is 0.386 bits per heavy atom. The van der Waals surface area contributed by atoms with Gasteiger partial charge in [0.1, 0.15) is 0 Å². The van der Waals surface area contributed by atoms with Gasteiger partial charge in [-0.3, -0.25) is 15.0 Å². The molecule has 12 nitrogen and oxygen atoms in total. The molecular weight excluding hydrogens is 1610 g/mol. The summed E-state index contributed by atoms with van der Waals surface area (Å²) in [5.41, 5.74) is 25.3. The van der Waals surface area contributed by atoms with Crippen LogP contribution >= 0.6 is 0 Å². The van der Waals surface area contributed by atoms with Gasteiger partial charge in [0.2, 0.25) is 0 Å². The van der Waals surface area contributed by atoms with Crippen molar-refractivity contribution in [1.82, 2.24) is 59.8 Å². The fraction of sp³-hybridized carbons (Fsp3) is 0. The van der Waals surface area contributed by atoms with E-state index in [2.05, 4.69) is 338 Å². The summed E-state index contributed by atoms with van der Waals surface area (Å²) in [5, 5.41) is 10.4. The number of nitrogens with zero attached hydrogens (tertiary/aromatic N) is 12. The van der Waals surface area contributed by atoms with Crippen LogP contribution in [0.3, 0.4) is 0 Å². The molecule has 132 heavy (non-hydrogen) atoms. The van der Waals surface area contributed by atoms with E-state index in [-0.39, 0.29) is 0 Å². The molecule has 0 bridgehead atoms. The zero-order valence-electron chi connectivity index (χ0n) is 71.4. The number of pyridine rings is 3. The minimum atomic E-state index is 0.638. The largest absolute Gasteiger partial charge is 0.256 e. The summed E-state index contributed by atoms with van der Waals surface area (Å²) in [6.45, 7) is 0. The zero-order chi connectivity index (χ0) is 87.9. The van der Waals surface area contributed by atoms with Crippen LogP contribution in [0.2, 0.25) is 0 Å². The molecule has 0 aliphatic heterocycles. The molecule has 0 unspecified atom stereocenters. The summed E-state index contributed by atoms with van der Waals surface area (Å²) in [7, 11) is 0. The normalized spacial score (nSPS) is 11.2. The second-order valence-electron chi connectivity index (χ2n) is 32.2. The van der Waals surface area contributed by atoms with Gasteiger partial charge in [0, 0.05) is 101 Å². The summed E-state index contributed by atoms with van der Waals surface area (Å²) < 4.78 is 0. The van der Waals surface area contributed by atoms with Gasteiger partial charge >= 0.3 is 0 Å². The Kier molecular flexibility index (Phi) is 21.9. The van der Waals surface area contributed by atoms with E-state index in [1.54, 1.807) is 0 Å². The minimum absolute atomic E-state index is 0.638. The monoisotopic (exact) mass is 1690 g/mol. The van der Waals surface area contributed by atoms with Gasteiger partial charge < -0.3 is 0 Å². The molecule has 18 aromatic carbocycles. The lowest BCUT2D eigenvalue weighted by Gasteiger charge is -2.12. The molecule has 0 atom stereocenters. The first-order chi connectivity index (χ1) is 65.4. The zero-order valence-corrected chi connectivity index (χ0v) is 71.4. The highest BCUT2D eigenvalue weighted by Gasteiger charge is 2.20. The highest BCUT2D eigenvalue weighted by atomic mass is 15.1. The highest BCUT2D eigenvalue weighted by molar-refractivity contribution is 6.13. The van der Waals surface area contributed by atoms with E-state index in [4.69, 9.17) is 49.8 Å². The molecule has 0 saturated carbocycles. The number of hydrogen-bond acceptors (Lipinski definition) is 12. The fourth-order valence-corrected chi connectivity index (χ4v) is 17.1. The highest BCUT2D eigenvalue weighted by Crippen LogP contribution is 2.40. The molecule has 0 saturated heterocycles. The van der Waals surface area contributed by atoms with E-state index >= 15 is 0 Å². The van der Waals surface area contributed by atoms with Crippen LogP contribution in [0.4, 0.5) is 0 Å². The van der Waals surface area contributed by atoms with E-state index in [0.717, 1.165) is 138 Å². The van der Waals surface area contributed by atoms with E-state index in [9.17, 15) is 0 Å². The van der Waals surface area contributed by atoms with Gasteiger partial charge in [0.05, 0.1) is 16.6 Å². The van der Waals surface area contributed by atoms with Gasteiger partial charge in [-0.25, -0.2) is 44.9 Å². The molecule has 24 aromatic rings. The van der Waals surface area contributed by atoms with Crippen molar-refractivity contribution in [2.45, 2.75) is 0 Å². The maximum atomic E-state index is 4.96. The molecule has 618 valence electrons. The maximum absolute atomic E-state index is 4.96. The Labute approximate surface area is 762 Å². The molecule has 24 rings (SSSR count). The van der Waals surface area contributed by atoms with Crippen LogP contribution in [0.1, 0.15) is 0 Å². The lowest BCUT2D eigenvalue weighted by Crippen LogP contribution is -2.00. The van der Waals surface area contributed by atoms with Crippen LogP contribution < -0.4 is 0 Å². The van der Waals surface area contributed by atoms with Crippen molar-refractivity contribution < 1.29 is 0 Å². The summed E-state index contributed by atoms with van der Waals surface area (Å²) in [6.07, 6.45) is 5.66. The molecule has 0 fully saturated rings. The molecule has 0 radical (unpaired) electrons. The molecular formula is C120H78N12. The first-order valence-electron chi connectivity index (χ1n) is 43.9. The molecule has 0 aliphatic rings. The number of hydrogen-bond donors (Lipinski definition) is 0. The second-order valence-corrected chi connectivity index (χ2v) is 32.2. The Morgan fingerprint density at radius 3 is 0.780 bits per heavy atom. The number of aromatic nitrogens is 12. The average Bonchev–Trinajstić information content (AvgIpc) is 0.765. The van der Waals surface area contributed by atoms with Crippen LogP contribution in [0.15, 0.2) is 474 Å². The second kappa shape index (κ2) is 36.2. The van der Waals surface area contributed by atoms with Crippen molar-refractivity contribution in [3.8, 4) is 169 Å². The average molecular weight is 1690 g/mol. The van der Waals surface area contributed by atoms with Crippen LogP contribution in [0.25, 0.3) is 234 Å². The summed E-state index contributed by atoms with van der Waals surface area (Å²) in [6, 6.07) is 156. The van der Waals surface area contributed by atoms with E-state index in [1.165, 1.54) is 44.0 Å². The standard InChI is InChI=1S/3C40H26N4/c1-3-9-27(10-4-1)28-16-20-32(21-17-28)39-42-38(31-11-5-2-6-12-31)43-40(44-39)33-22-18-29(19-23-33)34-14-7-15-36-35(34)25-24-30-13-8-26-41-37(30)36;1-3-10-27(11-4-1)28-17-21-31(22-18-28)39-42-38(30-12-5-2-6-13-30)43-40(44-39)32-23-19-29(20-24-32)36-26-33-14-9-25-41-37(33)35-16-8-7-15-34(35)36;1-3-9-27(10-4-1)28-15-19-31(20-16-28)39-42-38(30-11-5-2-6-12-30)43-40(44-39)32-21-17-29(18-22-32)33-23-24-36-35-14-8-7-13-34(35)26-41-37(36)25-33/h3*1-26H. The lowest BCUT2D eigenvalue weighted by molar-refractivity contribution is 1.07.